The third-order valence-electron chi connectivity index (χ3n) is 3.15. The van der Waals surface area contributed by atoms with Crippen LogP contribution in [0.5, 0.6) is 0 Å². The van der Waals surface area contributed by atoms with Crippen molar-refractivity contribution in [3.63, 3.8) is 0 Å². The van der Waals surface area contributed by atoms with E-state index in [-0.39, 0.29) is 17.9 Å². The Bertz CT molecular complexity index is 373. The van der Waals surface area contributed by atoms with Gasteiger partial charge in [-0.25, -0.2) is 4.72 Å². The molecule has 1 aliphatic carbocycles. The van der Waals surface area contributed by atoms with Gasteiger partial charge >= 0.3 is 5.97 Å². The second-order valence-corrected chi connectivity index (χ2v) is 6.71. The van der Waals surface area contributed by atoms with Crippen molar-refractivity contribution in [3.8, 4) is 0 Å². The van der Waals surface area contributed by atoms with E-state index in [4.69, 9.17) is 5.11 Å². The molecular weight excluding hydrogens is 256 g/mol. The maximum absolute atomic E-state index is 11.5. The zero-order valence-electron chi connectivity index (χ0n) is 10.8. The van der Waals surface area contributed by atoms with Gasteiger partial charge in [-0.2, -0.15) is 13.1 Å². The molecule has 1 aliphatic rings. The van der Waals surface area contributed by atoms with Crippen molar-refractivity contribution in [3.05, 3.63) is 0 Å². The average molecular weight is 278 g/mol. The molecule has 0 spiro atoms. The van der Waals surface area contributed by atoms with Gasteiger partial charge in [-0.15, -0.1) is 0 Å². The first kappa shape index (κ1) is 15.4. The summed E-state index contributed by atoms with van der Waals surface area (Å²) < 4.78 is 28.1. The number of carboxylic acid groups (broad SMARTS) is 1. The Labute approximate surface area is 108 Å². The molecule has 0 atom stereocenters. The van der Waals surface area contributed by atoms with Crippen LogP contribution in [0.4, 0.5) is 0 Å². The first-order valence-electron chi connectivity index (χ1n) is 6.30. The Balaban J connectivity index is 2.32. The molecule has 18 heavy (non-hydrogen) atoms. The minimum absolute atomic E-state index is 0.134. The van der Waals surface area contributed by atoms with Gasteiger partial charge in [0.15, 0.2) is 0 Å². The zero-order valence-corrected chi connectivity index (χ0v) is 11.7. The third-order valence-corrected chi connectivity index (χ3v) is 4.48. The number of aliphatic carboxylic acids is 1. The standard InChI is InChI=1S/C11H22N2O4S/c1-8(2)13-18(16,17)12-7-9-3-5-10(6-4-9)11(14)15/h8-10,12-13H,3-7H2,1-2H3,(H,14,15). The van der Waals surface area contributed by atoms with Crippen LogP contribution in [0.15, 0.2) is 0 Å². The van der Waals surface area contributed by atoms with Crippen molar-refractivity contribution in [1.82, 2.24) is 9.44 Å². The van der Waals surface area contributed by atoms with E-state index in [9.17, 15) is 13.2 Å². The van der Waals surface area contributed by atoms with Gasteiger partial charge in [-0.1, -0.05) is 0 Å². The first-order valence-corrected chi connectivity index (χ1v) is 7.78. The molecular formula is C11H22N2O4S. The predicted molar refractivity (Wildman–Crippen MR) is 68.3 cm³/mol. The highest BCUT2D eigenvalue weighted by atomic mass is 32.2. The molecule has 1 fully saturated rings. The highest BCUT2D eigenvalue weighted by molar-refractivity contribution is 7.87. The lowest BCUT2D eigenvalue weighted by molar-refractivity contribution is -0.143. The summed E-state index contributed by atoms with van der Waals surface area (Å²) in [7, 11) is -3.43. The van der Waals surface area contributed by atoms with Crippen LogP contribution in [0.25, 0.3) is 0 Å². The second kappa shape index (κ2) is 6.49. The number of rotatable bonds is 6. The van der Waals surface area contributed by atoms with E-state index < -0.39 is 16.2 Å². The Hall–Kier alpha value is -0.660. The molecule has 0 radical (unpaired) electrons. The highest BCUT2D eigenvalue weighted by Gasteiger charge is 2.26. The van der Waals surface area contributed by atoms with Gasteiger partial charge < -0.3 is 5.11 Å². The summed E-state index contributed by atoms with van der Waals surface area (Å²) in [6, 6.07) is -0.134. The van der Waals surface area contributed by atoms with Gasteiger partial charge in [0.05, 0.1) is 5.92 Å². The van der Waals surface area contributed by atoms with E-state index in [1.165, 1.54) is 0 Å². The van der Waals surface area contributed by atoms with Crippen molar-refractivity contribution in [2.24, 2.45) is 11.8 Å². The van der Waals surface area contributed by atoms with Crippen molar-refractivity contribution < 1.29 is 18.3 Å². The zero-order chi connectivity index (χ0) is 13.8. The lowest BCUT2D eigenvalue weighted by atomic mass is 9.82. The van der Waals surface area contributed by atoms with E-state index in [1.54, 1.807) is 13.8 Å². The van der Waals surface area contributed by atoms with Crippen LogP contribution in [0, 0.1) is 11.8 Å². The number of hydrogen-bond acceptors (Lipinski definition) is 3. The summed E-state index contributed by atoms with van der Waals surface area (Å²) in [4.78, 5) is 10.8. The van der Waals surface area contributed by atoms with E-state index in [0.717, 1.165) is 12.8 Å². The topological polar surface area (TPSA) is 95.5 Å². The Morgan fingerprint density at radius 2 is 1.83 bits per heavy atom. The summed E-state index contributed by atoms with van der Waals surface area (Å²) >= 11 is 0. The van der Waals surface area contributed by atoms with Crippen molar-refractivity contribution in [2.45, 2.75) is 45.6 Å². The van der Waals surface area contributed by atoms with Gasteiger partial charge in [0, 0.05) is 12.6 Å². The van der Waals surface area contributed by atoms with Crippen molar-refractivity contribution in [1.29, 1.82) is 0 Å². The minimum Gasteiger partial charge on any atom is -0.481 e. The lowest BCUT2D eigenvalue weighted by Crippen LogP contribution is -2.42. The van der Waals surface area contributed by atoms with Crippen LogP contribution in [-0.2, 0) is 15.0 Å². The largest absolute Gasteiger partial charge is 0.481 e. The SMILES string of the molecule is CC(C)NS(=O)(=O)NCC1CCC(C(=O)O)CC1. The van der Waals surface area contributed by atoms with E-state index >= 15 is 0 Å². The first-order chi connectivity index (χ1) is 8.30. The van der Waals surface area contributed by atoms with Crippen molar-refractivity contribution >= 4 is 16.2 Å². The van der Waals surface area contributed by atoms with E-state index in [1.807, 2.05) is 0 Å². The third kappa shape index (κ3) is 5.32. The molecule has 106 valence electrons. The molecule has 7 heteroatoms. The predicted octanol–water partition coefficient (Wildman–Crippen LogP) is 0.710. The summed E-state index contributed by atoms with van der Waals surface area (Å²) in [5.74, 6) is -0.758. The summed E-state index contributed by atoms with van der Waals surface area (Å²) in [5.41, 5.74) is 0. The Morgan fingerprint density at radius 3 is 2.28 bits per heavy atom. The van der Waals surface area contributed by atoms with E-state index in [0.29, 0.717) is 19.4 Å². The molecule has 0 amide bonds. The average Bonchev–Trinajstić information content (AvgIpc) is 2.25. The van der Waals surface area contributed by atoms with Crippen LogP contribution < -0.4 is 9.44 Å². The molecule has 0 saturated heterocycles. The van der Waals surface area contributed by atoms with E-state index in [2.05, 4.69) is 9.44 Å². The minimum atomic E-state index is -3.43. The van der Waals surface area contributed by atoms with Crippen LogP contribution in [0.3, 0.4) is 0 Å². The number of carboxylic acids is 1. The van der Waals surface area contributed by atoms with Crippen LogP contribution >= 0.6 is 0 Å². The molecule has 0 unspecified atom stereocenters. The summed E-state index contributed by atoms with van der Waals surface area (Å²) in [6.45, 7) is 3.91. The van der Waals surface area contributed by atoms with Gasteiger partial charge in [0.1, 0.15) is 0 Å². The molecule has 1 rings (SSSR count). The molecule has 0 aromatic carbocycles. The Kier molecular flexibility index (Phi) is 5.55. The van der Waals surface area contributed by atoms with Crippen LogP contribution in [0.1, 0.15) is 39.5 Å². The fourth-order valence-electron chi connectivity index (χ4n) is 2.19. The molecule has 0 heterocycles. The van der Waals surface area contributed by atoms with Gasteiger partial charge in [0.25, 0.3) is 10.2 Å². The summed E-state index contributed by atoms with van der Waals surface area (Å²) in [5, 5.41) is 8.86. The molecule has 0 aliphatic heterocycles. The van der Waals surface area contributed by atoms with Crippen LogP contribution in [-0.4, -0.2) is 32.1 Å². The number of hydrogen-bond donors (Lipinski definition) is 3. The van der Waals surface area contributed by atoms with Crippen LogP contribution in [0.2, 0.25) is 0 Å². The molecule has 0 bridgehead atoms. The number of nitrogens with one attached hydrogen (secondary N) is 2. The normalized spacial score (nSPS) is 25.3. The highest BCUT2D eigenvalue weighted by Crippen LogP contribution is 2.28. The van der Waals surface area contributed by atoms with Crippen molar-refractivity contribution in [2.75, 3.05) is 6.54 Å². The lowest BCUT2D eigenvalue weighted by Gasteiger charge is -2.26. The van der Waals surface area contributed by atoms with Gasteiger partial charge in [0.2, 0.25) is 0 Å². The molecule has 0 aromatic rings. The second-order valence-electron chi connectivity index (χ2n) is 5.18. The maximum atomic E-state index is 11.5. The smallest absolute Gasteiger partial charge is 0.306 e. The molecule has 1 saturated carbocycles. The fraction of sp³-hybridized carbons (Fsp3) is 0.909. The van der Waals surface area contributed by atoms with Gasteiger partial charge in [-0.3, -0.25) is 4.79 Å². The molecule has 0 aromatic heterocycles. The molecule has 3 N–H and O–H groups in total. The molecule has 6 nitrogen and oxygen atoms in total. The summed E-state index contributed by atoms with van der Waals surface area (Å²) in [6.07, 6.45) is 2.81. The Morgan fingerprint density at radius 1 is 1.28 bits per heavy atom. The number of carbonyl (C=O) groups is 1. The monoisotopic (exact) mass is 278 g/mol. The fourth-order valence-corrected chi connectivity index (χ4v) is 3.35. The maximum Gasteiger partial charge on any atom is 0.306 e. The van der Waals surface area contributed by atoms with Gasteiger partial charge in [-0.05, 0) is 45.4 Å². The quantitative estimate of drug-likeness (QED) is 0.667.